The van der Waals surface area contributed by atoms with Gasteiger partial charge in [0.05, 0.1) is 22.4 Å². The normalized spacial score (nSPS) is 17.0. The number of hydrogen-bond donors (Lipinski definition) is 1. The van der Waals surface area contributed by atoms with E-state index in [1.54, 1.807) is 12.3 Å². The molecule has 3 rings (SSSR count). The van der Waals surface area contributed by atoms with Crippen LogP contribution in [-0.4, -0.2) is 31.1 Å². The summed E-state index contributed by atoms with van der Waals surface area (Å²) < 4.78 is 19.9. The van der Waals surface area contributed by atoms with Crippen molar-refractivity contribution in [3.05, 3.63) is 57.7 Å². The number of rotatable bonds is 3. The minimum atomic E-state index is -0.371. The van der Waals surface area contributed by atoms with Gasteiger partial charge >= 0.3 is 0 Å². The molecule has 0 saturated carbocycles. The molecule has 7 heteroatoms. The molecule has 2 heterocycles. The lowest BCUT2D eigenvalue weighted by molar-refractivity contribution is 0.177. The molecule has 0 amide bonds. The summed E-state index contributed by atoms with van der Waals surface area (Å²) in [6, 6.07) is 6.08. The van der Waals surface area contributed by atoms with Crippen molar-refractivity contribution < 1.29 is 8.81 Å². The van der Waals surface area contributed by atoms with Gasteiger partial charge < -0.3 is 9.73 Å². The number of piperazine rings is 1. The van der Waals surface area contributed by atoms with E-state index in [-0.39, 0.29) is 29.3 Å². The number of nitrogens with one attached hydrogen (secondary N) is 1. The maximum atomic E-state index is 14.4. The van der Waals surface area contributed by atoms with Crippen molar-refractivity contribution >= 4 is 35.6 Å². The summed E-state index contributed by atoms with van der Waals surface area (Å²) in [4.78, 5) is 2.15. The zero-order chi connectivity index (χ0) is 14.8. The molecular weight excluding hydrogens is 350 g/mol. The first-order valence-corrected chi connectivity index (χ1v) is 7.55. The Balaban J connectivity index is 0.00000176. The predicted octanol–water partition coefficient (Wildman–Crippen LogP) is 4.14. The first kappa shape index (κ1) is 17.6. The maximum Gasteiger partial charge on any atom is 0.130 e. The molecule has 0 radical (unpaired) electrons. The summed E-state index contributed by atoms with van der Waals surface area (Å²) in [7, 11) is 0. The molecule has 120 valence electrons. The van der Waals surface area contributed by atoms with Crippen molar-refractivity contribution in [2.24, 2.45) is 0 Å². The van der Waals surface area contributed by atoms with Gasteiger partial charge in [0, 0.05) is 31.7 Å². The minimum absolute atomic E-state index is 0. The number of hydrogen-bond acceptors (Lipinski definition) is 3. The Morgan fingerprint density at radius 1 is 1.18 bits per heavy atom. The summed E-state index contributed by atoms with van der Waals surface area (Å²) in [5, 5.41) is 3.88. The van der Waals surface area contributed by atoms with Gasteiger partial charge in [-0.1, -0.05) is 23.2 Å². The zero-order valence-corrected chi connectivity index (χ0v) is 14.0. The van der Waals surface area contributed by atoms with Gasteiger partial charge in [-0.15, -0.1) is 12.4 Å². The average molecular weight is 366 g/mol. The van der Waals surface area contributed by atoms with Crippen molar-refractivity contribution in [1.82, 2.24) is 10.2 Å². The van der Waals surface area contributed by atoms with E-state index < -0.39 is 0 Å². The molecule has 1 aliphatic heterocycles. The zero-order valence-electron chi connectivity index (χ0n) is 11.7. The SMILES string of the molecule is Cl.Fc1ccc(Cl)c(Cl)c1[C@H](c1ccco1)N1CCNCC1. The summed E-state index contributed by atoms with van der Waals surface area (Å²) in [5.74, 6) is 0.296. The fourth-order valence-electron chi connectivity index (χ4n) is 2.69. The van der Waals surface area contributed by atoms with Crippen LogP contribution in [0.2, 0.25) is 10.0 Å². The third-order valence-corrected chi connectivity index (χ3v) is 4.50. The second kappa shape index (κ2) is 7.66. The predicted molar refractivity (Wildman–Crippen MR) is 88.7 cm³/mol. The fourth-order valence-corrected chi connectivity index (χ4v) is 3.11. The van der Waals surface area contributed by atoms with Crippen LogP contribution >= 0.6 is 35.6 Å². The number of furan rings is 1. The average Bonchev–Trinajstić information content (AvgIpc) is 3.02. The highest BCUT2D eigenvalue weighted by Crippen LogP contribution is 2.38. The van der Waals surface area contributed by atoms with Gasteiger partial charge in [-0.2, -0.15) is 0 Å². The summed E-state index contributed by atoms with van der Waals surface area (Å²) in [6.45, 7) is 3.26. The van der Waals surface area contributed by atoms with Crippen LogP contribution in [0.4, 0.5) is 4.39 Å². The van der Waals surface area contributed by atoms with Crippen molar-refractivity contribution in [3.63, 3.8) is 0 Å². The Morgan fingerprint density at radius 2 is 1.91 bits per heavy atom. The maximum absolute atomic E-state index is 14.4. The lowest BCUT2D eigenvalue weighted by Gasteiger charge is -2.34. The highest BCUT2D eigenvalue weighted by molar-refractivity contribution is 6.42. The van der Waals surface area contributed by atoms with Gasteiger partial charge in [-0.3, -0.25) is 4.90 Å². The Morgan fingerprint density at radius 3 is 2.55 bits per heavy atom. The van der Waals surface area contributed by atoms with Gasteiger partial charge in [0.25, 0.3) is 0 Å². The van der Waals surface area contributed by atoms with Crippen molar-refractivity contribution in [2.45, 2.75) is 6.04 Å². The van der Waals surface area contributed by atoms with Crippen LogP contribution in [-0.2, 0) is 0 Å². The van der Waals surface area contributed by atoms with Gasteiger partial charge in [-0.25, -0.2) is 4.39 Å². The Hall–Kier alpha value is -0.780. The topological polar surface area (TPSA) is 28.4 Å². The van der Waals surface area contributed by atoms with E-state index in [2.05, 4.69) is 10.2 Å². The first-order chi connectivity index (χ1) is 10.2. The molecule has 1 atom stereocenters. The van der Waals surface area contributed by atoms with Gasteiger partial charge in [0.15, 0.2) is 0 Å². The van der Waals surface area contributed by atoms with Crippen LogP contribution in [0.3, 0.4) is 0 Å². The Labute approximate surface area is 144 Å². The quantitative estimate of drug-likeness (QED) is 0.829. The molecule has 1 saturated heterocycles. The molecule has 22 heavy (non-hydrogen) atoms. The lowest BCUT2D eigenvalue weighted by atomic mass is 10.0. The van der Waals surface area contributed by atoms with Gasteiger partial charge in [0.2, 0.25) is 0 Å². The van der Waals surface area contributed by atoms with Crippen LogP contribution in [0.1, 0.15) is 17.4 Å². The molecule has 1 N–H and O–H groups in total. The van der Waals surface area contributed by atoms with Gasteiger partial charge in [0.1, 0.15) is 11.6 Å². The molecule has 0 bridgehead atoms. The van der Waals surface area contributed by atoms with E-state index in [1.165, 1.54) is 12.1 Å². The highest BCUT2D eigenvalue weighted by atomic mass is 35.5. The summed E-state index contributed by atoms with van der Waals surface area (Å²) in [5.41, 5.74) is 0.376. The second-order valence-electron chi connectivity index (χ2n) is 4.96. The summed E-state index contributed by atoms with van der Waals surface area (Å²) in [6.07, 6.45) is 1.58. The van der Waals surface area contributed by atoms with Crippen LogP contribution < -0.4 is 5.32 Å². The standard InChI is InChI=1S/C15H15Cl2FN2O.ClH/c16-10-3-4-11(18)13(14(10)17)15(12-2-1-9-21-12)20-7-5-19-6-8-20;/h1-4,9,15,19H,5-8H2;1H/t15-;/m0./s1. The van der Waals surface area contributed by atoms with E-state index in [0.717, 1.165) is 26.2 Å². The molecular formula is C15H16Cl3FN2O. The molecule has 1 fully saturated rings. The largest absolute Gasteiger partial charge is 0.467 e. The molecule has 1 aromatic carbocycles. The third kappa shape index (κ3) is 3.42. The van der Waals surface area contributed by atoms with E-state index in [4.69, 9.17) is 27.6 Å². The van der Waals surface area contributed by atoms with E-state index in [0.29, 0.717) is 16.3 Å². The Bertz CT molecular complexity index is 616. The molecule has 0 spiro atoms. The monoisotopic (exact) mass is 364 g/mol. The third-order valence-electron chi connectivity index (χ3n) is 3.68. The minimum Gasteiger partial charge on any atom is -0.467 e. The van der Waals surface area contributed by atoms with Crippen LogP contribution in [0.15, 0.2) is 34.9 Å². The molecule has 1 aliphatic rings. The smallest absolute Gasteiger partial charge is 0.130 e. The fraction of sp³-hybridized carbons (Fsp3) is 0.333. The summed E-state index contributed by atoms with van der Waals surface area (Å²) >= 11 is 12.3. The van der Waals surface area contributed by atoms with Crippen LogP contribution in [0.5, 0.6) is 0 Å². The van der Waals surface area contributed by atoms with Crippen LogP contribution in [0, 0.1) is 5.82 Å². The lowest BCUT2D eigenvalue weighted by Crippen LogP contribution is -2.45. The van der Waals surface area contributed by atoms with Gasteiger partial charge in [-0.05, 0) is 24.3 Å². The van der Waals surface area contributed by atoms with E-state index >= 15 is 0 Å². The molecule has 2 aromatic rings. The molecule has 1 aromatic heterocycles. The highest BCUT2D eigenvalue weighted by Gasteiger charge is 2.31. The Kier molecular flexibility index (Phi) is 6.12. The van der Waals surface area contributed by atoms with E-state index in [1.807, 2.05) is 6.07 Å². The van der Waals surface area contributed by atoms with Crippen LogP contribution in [0.25, 0.3) is 0 Å². The number of nitrogens with zero attached hydrogens (tertiary/aromatic N) is 1. The van der Waals surface area contributed by atoms with E-state index in [9.17, 15) is 4.39 Å². The molecule has 3 nitrogen and oxygen atoms in total. The molecule has 0 aliphatic carbocycles. The second-order valence-corrected chi connectivity index (χ2v) is 5.75. The van der Waals surface area contributed by atoms with Crippen molar-refractivity contribution in [2.75, 3.05) is 26.2 Å². The van der Waals surface area contributed by atoms with Crippen molar-refractivity contribution in [3.8, 4) is 0 Å². The molecule has 0 unspecified atom stereocenters. The number of benzene rings is 1. The number of halogens is 4. The first-order valence-electron chi connectivity index (χ1n) is 6.80. The van der Waals surface area contributed by atoms with Crippen molar-refractivity contribution in [1.29, 1.82) is 0 Å².